The summed E-state index contributed by atoms with van der Waals surface area (Å²) >= 11 is 0. The van der Waals surface area contributed by atoms with E-state index in [1.165, 1.54) is 94.0 Å². The minimum atomic E-state index is -0.239. The van der Waals surface area contributed by atoms with Crippen molar-refractivity contribution >= 4 is 38.6 Å². The van der Waals surface area contributed by atoms with Crippen molar-refractivity contribution in [2.75, 3.05) is 4.90 Å². The lowest BCUT2D eigenvalue weighted by atomic mass is 9.58. The lowest BCUT2D eigenvalue weighted by Gasteiger charge is -2.44. The maximum atomic E-state index is 2.48. The molecule has 258 valence electrons. The van der Waals surface area contributed by atoms with Gasteiger partial charge in [0.05, 0.1) is 5.41 Å². The van der Waals surface area contributed by atoms with Crippen LogP contribution in [-0.4, -0.2) is 0 Å². The van der Waals surface area contributed by atoms with E-state index >= 15 is 0 Å². The Kier molecular flexibility index (Phi) is 6.11. The first-order chi connectivity index (χ1) is 27.0. The zero-order valence-electron chi connectivity index (χ0n) is 30.8. The van der Waals surface area contributed by atoms with Crippen molar-refractivity contribution in [3.8, 4) is 33.4 Å². The second-order valence-corrected chi connectivity index (χ2v) is 16.1. The van der Waals surface area contributed by atoms with E-state index in [0.717, 1.165) is 11.4 Å². The summed E-state index contributed by atoms with van der Waals surface area (Å²) in [6.07, 6.45) is 0. The highest BCUT2D eigenvalue weighted by molar-refractivity contribution is 6.08. The Morgan fingerprint density at radius 3 is 1.76 bits per heavy atom. The monoisotopic (exact) mass is 699 g/mol. The van der Waals surface area contributed by atoms with Crippen molar-refractivity contribution in [1.29, 1.82) is 0 Å². The van der Waals surface area contributed by atoms with Crippen LogP contribution in [0.1, 0.15) is 47.2 Å². The van der Waals surface area contributed by atoms with Gasteiger partial charge in [-0.1, -0.05) is 153 Å². The number of anilines is 3. The summed E-state index contributed by atoms with van der Waals surface area (Å²) in [4.78, 5) is 2.44. The number of hydrogen-bond acceptors (Lipinski definition) is 1. The maximum Gasteiger partial charge on any atom is 0.0720 e. The van der Waals surface area contributed by atoms with Crippen LogP contribution in [0, 0.1) is 0 Å². The summed E-state index contributed by atoms with van der Waals surface area (Å²) in [5.41, 5.74) is 19.2. The lowest BCUT2D eigenvalue weighted by molar-refractivity contribution is 0.660. The topological polar surface area (TPSA) is 3.24 Å². The molecule has 0 aromatic heterocycles. The predicted molar refractivity (Wildman–Crippen MR) is 230 cm³/mol. The summed E-state index contributed by atoms with van der Waals surface area (Å²) in [6.45, 7) is 4.69. The van der Waals surface area contributed by atoms with Gasteiger partial charge in [-0.2, -0.15) is 0 Å². The van der Waals surface area contributed by atoms with E-state index in [0.29, 0.717) is 0 Å². The molecule has 2 bridgehead atoms. The predicted octanol–water partition coefficient (Wildman–Crippen LogP) is 14.1. The highest BCUT2D eigenvalue weighted by Crippen LogP contribution is 2.62. The minimum Gasteiger partial charge on any atom is -0.310 e. The smallest absolute Gasteiger partial charge is 0.0720 e. The first kappa shape index (κ1) is 30.7. The van der Waals surface area contributed by atoms with Crippen molar-refractivity contribution in [2.45, 2.75) is 24.7 Å². The Morgan fingerprint density at radius 1 is 0.364 bits per heavy atom. The number of nitrogens with zero attached hydrogens (tertiary/aromatic N) is 1. The molecule has 1 unspecified atom stereocenters. The second kappa shape index (κ2) is 10.9. The first-order valence-electron chi connectivity index (χ1n) is 19.4. The molecule has 3 aliphatic carbocycles. The van der Waals surface area contributed by atoms with Gasteiger partial charge in [-0.15, -0.1) is 0 Å². The van der Waals surface area contributed by atoms with Gasteiger partial charge in [0, 0.05) is 22.5 Å². The molecule has 3 aliphatic rings. The van der Waals surface area contributed by atoms with Gasteiger partial charge in [0.15, 0.2) is 0 Å². The summed E-state index contributed by atoms with van der Waals surface area (Å²) in [5, 5.41) is 5.36. The van der Waals surface area contributed by atoms with Crippen LogP contribution in [0.3, 0.4) is 0 Å². The van der Waals surface area contributed by atoms with Crippen LogP contribution in [0.15, 0.2) is 188 Å². The van der Waals surface area contributed by atoms with Crippen molar-refractivity contribution < 1.29 is 0 Å². The van der Waals surface area contributed by atoms with Gasteiger partial charge in [0.1, 0.15) is 0 Å². The van der Waals surface area contributed by atoms with Crippen molar-refractivity contribution in [3.05, 3.63) is 221 Å². The molecule has 0 heterocycles. The summed E-state index contributed by atoms with van der Waals surface area (Å²) in [5.74, 6) is 0. The van der Waals surface area contributed by atoms with Crippen molar-refractivity contribution in [2.24, 2.45) is 0 Å². The van der Waals surface area contributed by atoms with Crippen LogP contribution in [-0.2, 0) is 10.8 Å². The molecule has 9 aromatic rings. The molecule has 0 amide bonds. The van der Waals surface area contributed by atoms with E-state index in [1.807, 2.05) is 0 Å². The molecule has 0 saturated heterocycles. The van der Waals surface area contributed by atoms with E-state index in [9.17, 15) is 0 Å². The molecule has 55 heavy (non-hydrogen) atoms. The standard InChI is InChI=1S/C54H37N/c1-53(2)47-15-7-6-14-44(47)46-31-38(23-29-48(46)53)36-21-27-42(28-22-36)55(41-25-19-35(20-26-41)34-10-4-3-5-11-34)43-30-39-13-9-17-50-52(39)51(33-43)54(50)40-24-18-37-12-8-16-49(54)45(37)32-40/h3-33H,1-2H3. The van der Waals surface area contributed by atoms with Crippen LogP contribution < -0.4 is 4.90 Å². The van der Waals surface area contributed by atoms with Crippen molar-refractivity contribution in [1.82, 2.24) is 0 Å². The number of hydrogen-bond donors (Lipinski definition) is 0. The third kappa shape index (κ3) is 4.08. The van der Waals surface area contributed by atoms with E-state index in [4.69, 9.17) is 0 Å². The average molecular weight is 700 g/mol. The van der Waals surface area contributed by atoms with Crippen LogP contribution in [0.5, 0.6) is 0 Å². The van der Waals surface area contributed by atoms with Crippen LogP contribution in [0.25, 0.3) is 54.9 Å². The van der Waals surface area contributed by atoms with Gasteiger partial charge < -0.3 is 4.90 Å². The highest BCUT2D eigenvalue weighted by Gasteiger charge is 2.51. The lowest BCUT2D eigenvalue weighted by Crippen LogP contribution is -2.36. The quantitative estimate of drug-likeness (QED) is 0.173. The van der Waals surface area contributed by atoms with E-state index < -0.39 is 0 Å². The van der Waals surface area contributed by atoms with Gasteiger partial charge >= 0.3 is 0 Å². The summed E-state index contributed by atoms with van der Waals surface area (Å²) < 4.78 is 0. The largest absolute Gasteiger partial charge is 0.310 e. The third-order valence-electron chi connectivity index (χ3n) is 13.0. The van der Waals surface area contributed by atoms with Gasteiger partial charge in [-0.05, 0) is 137 Å². The molecular weight excluding hydrogens is 663 g/mol. The number of rotatable bonds is 5. The van der Waals surface area contributed by atoms with Crippen molar-refractivity contribution in [3.63, 3.8) is 0 Å². The molecule has 0 saturated carbocycles. The minimum absolute atomic E-state index is 0.00103. The second-order valence-electron chi connectivity index (χ2n) is 16.1. The fourth-order valence-electron chi connectivity index (χ4n) is 10.4. The summed E-state index contributed by atoms with van der Waals surface area (Å²) in [6, 6.07) is 70.5. The Bertz CT molecular complexity index is 3040. The SMILES string of the molecule is CC1(C)c2ccccc2-c2cc(-c3ccc(N(c4ccc(-c5ccccc5)cc4)c4cc5c6c(cccc6c4)C54c5ccc6cccc4c6c5)cc3)ccc21. The Hall–Kier alpha value is -6.70. The molecule has 9 aromatic carbocycles. The van der Waals surface area contributed by atoms with Gasteiger partial charge in [-0.25, -0.2) is 0 Å². The Labute approximate surface area is 321 Å². The summed E-state index contributed by atoms with van der Waals surface area (Å²) in [7, 11) is 0. The molecule has 1 atom stereocenters. The molecular formula is C54H37N. The van der Waals surface area contributed by atoms with Crippen LogP contribution in [0.4, 0.5) is 17.1 Å². The van der Waals surface area contributed by atoms with E-state index in [2.05, 4.69) is 207 Å². The first-order valence-corrected chi connectivity index (χ1v) is 19.4. The van der Waals surface area contributed by atoms with Gasteiger partial charge in [0.2, 0.25) is 0 Å². The average Bonchev–Trinajstić information content (AvgIpc) is 3.69. The number of benzene rings is 9. The van der Waals surface area contributed by atoms with E-state index in [1.54, 1.807) is 0 Å². The zero-order chi connectivity index (χ0) is 36.5. The third-order valence-corrected chi connectivity index (χ3v) is 13.0. The molecule has 0 radical (unpaired) electrons. The molecule has 0 aliphatic heterocycles. The molecule has 12 rings (SSSR count). The number of fused-ring (bicyclic) bond motifs is 8. The van der Waals surface area contributed by atoms with Crippen LogP contribution >= 0.6 is 0 Å². The van der Waals surface area contributed by atoms with Gasteiger partial charge in [-0.3, -0.25) is 0 Å². The molecule has 0 N–H and O–H groups in total. The fraction of sp³-hybridized carbons (Fsp3) is 0.0741. The molecule has 0 fully saturated rings. The Morgan fingerprint density at radius 2 is 0.982 bits per heavy atom. The molecule has 1 heteroatoms. The van der Waals surface area contributed by atoms with E-state index in [-0.39, 0.29) is 10.8 Å². The van der Waals surface area contributed by atoms with Gasteiger partial charge in [0.25, 0.3) is 0 Å². The highest BCUT2D eigenvalue weighted by atomic mass is 15.1. The zero-order valence-corrected chi connectivity index (χ0v) is 30.8. The maximum absolute atomic E-state index is 2.48. The fourth-order valence-corrected chi connectivity index (χ4v) is 10.4. The normalized spacial score (nSPS) is 16.4. The van der Waals surface area contributed by atoms with Crippen LogP contribution in [0.2, 0.25) is 0 Å². The molecule has 1 nitrogen and oxygen atoms in total. The Balaban J connectivity index is 1.00. The molecule has 1 spiro atoms.